The van der Waals surface area contributed by atoms with Gasteiger partial charge in [0.05, 0.1) is 0 Å². The van der Waals surface area contributed by atoms with E-state index in [1.807, 2.05) is 0 Å². The van der Waals surface area contributed by atoms with Crippen LogP contribution in [0.1, 0.15) is 0 Å². The fraction of sp³-hybridized carbons (Fsp3) is 0. The van der Waals surface area contributed by atoms with E-state index in [2.05, 4.69) is 5.10 Å². The zero-order chi connectivity index (χ0) is 11.8. The van der Waals surface area contributed by atoms with E-state index in [0.717, 1.165) is 0 Å². The van der Waals surface area contributed by atoms with Crippen LogP contribution in [0, 0.1) is 5.82 Å². The average molecular weight is 228 g/mol. The van der Waals surface area contributed by atoms with Crippen molar-refractivity contribution >= 4 is 5.52 Å². The van der Waals surface area contributed by atoms with E-state index in [4.69, 9.17) is 0 Å². The molecule has 0 amide bonds. The van der Waals surface area contributed by atoms with Gasteiger partial charge in [-0.05, 0) is 12.1 Å². The summed E-state index contributed by atoms with van der Waals surface area (Å²) in [6, 6.07) is 9.62. The van der Waals surface area contributed by atoms with Gasteiger partial charge in [0.1, 0.15) is 11.3 Å². The summed E-state index contributed by atoms with van der Waals surface area (Å²) >= 11 is 0. The maximum Gasteiger partial charge on any atom is 0.205 e. The normalized spacial score (nSPS) is 10.9. The summed E-state index contributed by atoms with van der Waals surface area (Å²) in [6.45, 7) is 0. The van der Waals surface area contributed by atoms with Crippen LogP contribution in [0.4, 0.5) is 4.39 Å². The highest BCUT2D eigenvalue weighted by Gasteiger charge is 2.08. The van der Waals surface area contributed by atoms with Gasteiger partial charge in [0.15, 0.2) is 0 Å². The monoisotopic (exact) mass is 228 g/mol. The first-order valence-electron chi connectivity index (χ1n) is 5.20. The second-order valence-electron chi connectivity index (χ2n) is 3.79. The van der Waals surface area contributed by atoms with Crippen LogP contribution in [-0.4, -0.2) is 9.61 Å². The quantitative estimate of drug-likeness (QED) is 0.682. The minimum Gasteiger partial charge on any atom is -0.301 e. The molecule has 0 bridgehead atoms. The van der Waals surface area contributed by atoms with Gasteiger partial charge >= 0.3 is 0 Å². The predicted molar refractivity (Wildman–Crippen MR) is 63.4 cm³/mol. The van der Waals surface area contributed by atoms with Gasteiger partial charge in [-0.25, -0.2) is 4.39 Å². The lowest BCUT2D eigenvalue weighted by molar-refractivity contribution is 0.631. The molecular formula is C13H9FN2O. The van der Waals surface area contributed by atoms with Gasteiger partial charge in [-0.1, -0.05) is 18.2 Å². The number of halogens is 1. The number of aromatic nitrogens is 2. The second kappa shape index (κ2) is 3.59. The number of hydrogen-bond donors (Lipinski definition) is 1. The fourth-order valence-corrected chi connectivity index (χ4v) is 1.88. The van der Waals surface area contributed by atoms with Crippen LogP contribution in [0.2, 0.25) is 0 Å². The topological polar surface area (TPSA) is 37.3 Å². The van der Waals surface area contributed by atoms with Crippen molar-refractivity contribution in [1.29, 1.82) is 0 Å². The van der Waals surface area contributed by atoms with Gasteiger partial charge in [-0.2, -0.15) is 0 Å². The van der Waals surface area contributed by atoms with Crippen LogP contribution in [0.25, 0.3) is 16.6 Å². The maximum absolute atomic E-state index is 13.6. The molecule has 3 nitrogen and oxygen atoms in total. The molecule has 1 N–H and O–H groups in total. The number of nitrogens with zero attached hydrogens (tertiary/aromatic N) is 1. The van der Waals surface area contributed by atoms with Crippen LogP contribution in [0.5, 0.6) is 0 Å². The van der Waals surface area contributed by atoms with E-state index in [1.54, 1.807) is 41.2 Å². The van der Waals surface area contributed by atoms with E-state index < -0.39 is 0 Å². The molecule has 2 aromatic heterocycles. The molecule has 0 atom stereocenters. The molecule has 17 heavy (non-hydrogen) atoms. The van der Waals surface area contributed by atoms with Crippen molar-refractivity contribution in [2.24, 2.45) is 0 Å². The van der Waals surface area contributed by atoms with E-state index in [-0.39, 0.29) is 11.2 Å². The van der Waals surface area contributed by atoms with Gasteiger partial charge < -0.3 is 5.10 Å². The summed E-state index contributed by atoms with van der Waals surface area (Å²) in [5, 5.41) is 2.90. The number of benzene rings is 1. The molecule has 0 aliphatic rings. The smallest absolute Gasteiger partial charge is 0.205 e. The zero-order valence-electron chi connectivity index (χ0n) is 8.85. The number of nitrogens with one attached hydrogen (secondary N) is 1. The Morgan fingerprint density at radius 3 is 2.76 bits per heavy atom. The molecule has 84 valence electrons. The lowest BCUT2D eigenvalue weighted by Crippen LogP contribution is -2.03. The SMILES string of the molecule is O=c1cc[nH]n2cc(-c3ccccc3F)cc12. The van der Waals surface area contributed by atoms with E-state index in [0.29, 0.717) is 16.6 Å². The predicted octanol–water partition coefficient (Wildman–Crippen LogP) is 2.43. The highest BCUT2D eigenvalue weighted by molar-refractivity contribution is 5.70. The highest BCUT2D eigenvalue weighted by Crippen LogP contribution is 2.23. The molecule has 0 unspecified atom stereocenters. The van der Waals surface area contributed by atoms with E-state index >= 15 is 0 Å². The minimum atomic E-state index is -0.296. The fourth-order valence-electron chi connectivity index (χ4n) is 1.88. The number of fused-ring (bicyclic) bond motifs is 1. The Labute approximate surface area is 96.1 Å². The third-order valence-electron chi connectivity index (χ3n) is 2.71. The molecule has 0 fully saturated rings. The van der Waals surface area contributed by atoms with Crippen molar-refractivity contribution in [2.45, 2.75) is 0 Å². The van der Waals surface area contributed by atoms with Crippen LogP contribution >= 0.6 is 0 Å². The van der Waals surface area contributed by atoms with Gasteiger partial charge in [-0.15, -0.1) is 0 Å². The van der Waals surface area contributed by atoms with Gasteiger partial charge in [0, 0.05) is 29.6 Å². The van der Waals surface area contributed by atoms with E-state index in [9.17, 15) is 9.18 Å². The summed E-state index contributed by atoms with van der Waals surface area (Å²) in [5.41, 5.74) is 1.59. The Balaban J connectivity index is 2.30. The first kappa shape index (κ1) is 9.84. The molecule has 0 saturated heterocycles. The van der Waals surface area contributed by atoms with Crippen LogP contribution in [-0.2, 0) is 0 Å². The molecule has 4 heteroatoms. The molecule has 2 heterocycles. The molecular weight excluding hydrogens is 219 g/mol. The van der Waals surface area contributed by atoms with Crippen molar-refractivity contribution in [2.75, 3.05) is 0 Å². The summed E-state index contributed by atoms with van der Waals surface area (Å²) in [5.74, 6) is -0.296. The molecule has 3 rings (SSSR count). The Morgan fingerprint density at radius 1 is 1.18 bits per heavy atom. The van der Waals surface area contributed by atoms with Crippen molar-refractivity contribution in [3.05, 3.63) is 64.8 Å². The lowest BCUT2D eigenvalue weighted by Gasteiger charge is -1.97. The summed E-state index contributed by atoms with van der Waals surface area (Å²) in [4.78, 5) is 11.6. The summed E-state index contributed by atoms with van der Waals surface area (Å²) in [7, 11) is 0. The first-order chi connectivity index (χ1) is 8.25. The van der Waals surface area contributed by atoms with E-state index in [1.165, 1.54) is 12.1 Å². The van der Waals surface area contributed by atoms with Gasteiger partial charge in [0.25, 0.3) is 0 Å². The Bertz CT molecular complexity index is 742. The molecule has 0 spiro atoms. The minimum absolute atomic E-state index is 0.0914. The largest absolute Gasteiger partial charge is 0.301 e. The van der Waals surface area contributed by atoms with Gasteiger partial charge in [0.2, 0.25) is 5.43 Å². The lowest BCUT2D eigenvalue weighted by atomic mass is 10.1. The zero-order valence-corrected chi connectivity index (χ0v) is 8.85. The van der Waals surface area contributed by atoms with Crippen LogP contribution in [0.15, 0.2) is 53.6 Å². The Hall–Kier alpha value is -2.36. The first-order valence-corrected chi connectivity index (χ1v) is 5.20. The molecule has 1 aromatic carbocycles. The number of H-pyrrole nitrogens is 1. The van der Waals surface area contributed by atoms with Crippen molar-refractivity contribution in [1.82, 2.24) is 9.61 Å². The van der Waals surface area contributed by atoms with Crippen molar-refractivity contribution in [3.63, 3.8) is 0 Å². The maximum atomic E-state index is 13.6. The standard InChI is InChI=1S/C13H9FN2O/c14-11-4-2-1-3-10(11)9-7-12-13(17)5-6-15-16(12)8-9/h1-8,15H. The Kier molecular flexibility index (Phi) is 2.08. The molecule has 0 aliphatic carbocycles. The van der Waals surface area contributed by atoms with Crippen molar-refractivity contribution in [3.8, 4) is 11.1 Å². The number of rotatable bonds is 1. The number of aromatic amines is 1. The van der Waals surface area contributed by atoms with Gasteiger partial charge in [-0.3, -0.25) is 9.31 Å². The molecule has 0 aliphatic heterocycles. The van der Waals surface area contributed by atoms with Crippen LogP contribution < -0.4 is 5.43 Å². The summed E-state index contributed by atoms with van der Waals surface area (Å²) < 4.78 is 15.2. The third kappa shape index (κ3) is 1.54. The number of hydrogen-bond acceptors (Lipinski definition) is 1. The Morgan fingerprint density at radius 2 is 2.00 bits per heavy atom. The molecule has 0 saturated carbocycles. The molecule has 0 radical (unpaired) electrons. The second-order valence-corrected chi connectivity index (χ2v) is 3.79. The highest BCUT2D eigenvalue weighted by atomic mass is 19.1. The average Bonchev–Trinajstić information content (AvgIpc) is 2.75. The third-order valence-corrected chi connectivity index (χ3v) is 2.71. The molecule has 3 aromatic rings. The van der Waals surface area contributed by atoms with Crippen LogP contribution in [0.3, 0.4) is 0 Å². The van der Waals surface area contributed by atoms with Crippen molar-refractivity contribution < 1.29 is 4.39 Å². The summed E-state index contributed by atoms with van der Waals surface area (Å²) in [6.07, 6.45) is 3.26.